The highest BCUT2D eigenvalue weighted by Crippen LogP contribution is 2.23. The number of carbonyl (C=O) groups excluding carboxylic acids is 1. The second kappa shape index (κ2) is 4.85. The highest BCUT2D eigenvalue weighted by molar-refractivity contribution is 6.13. The van der Waals surface area contributed by atoms with Gasteiger partial charge in [0, 0.05) is 10.8 Å². The molecule has 2 aromatic rings. The van der Waals surface area contributed by atoms with Gasteiger partial charge in [-0.05, 0) is 32.6 Å². The topological polar surface area (TPSA) is 79.2 Å². The van der Waals surface area contributed by atoms with Crippen LogP contribution < -0.4 is 11.3 Å². The minimum atomic E-state index is -0.266. The van der Waals surface area contributed by atoms with Gasteiger partial charge in [0.15, 0.2) is 5.78 Å². The van der Waals surface area contributed by atoms with Gasteiger partial charge in [0.2, 0.25) is 0 Å². The Labute approximate surface area is 111 Å². The SMILES string of the molecule is Cc1cccc2c(=O)[nH]c(N)c(C(=O)CN(C)C)c12. The van der Waals surface area contributed by atoms with E-state index < -0.39 is 0 Å². The predicted octanol–water partition coefficient (Wildman–Crippen LogP) is 1.16. The zero-order valence-corrected chi connectivity index (χ0v) is 11.3. The highest BCUT2D eigenvalue weighted by Gasteiger charge is 2.18. The number of nitrogens with two attached hydrogens (primary N) is 1. The van der Waals surface area contributed by atoms with Gasteiger partial charge < -0.3 is 15.6 Å². The molecule has 1 heterocycles. The zero-order valence-electron chi connectivity index (χ0n) is 11.3. The highest BCUT2D eigenvalue weighted by atomic mass is 16.1. The maximum absolute atomic E-state index is 12.3. The molecule has 0 bridgehead atoms. The van der Waals surface area contributed by atoms with Gasteiger partial charge in [-0.3, -0.25) is 9.59 Å². The fourth-order valence-corrected chi connectivity index (χ4v) is 2.23. The molecule has 0 amide bonds. The third-order valence-corrected chi connectivity index (χ3v) is 3.02. The van der Waals surface area contributed by atoms with Crippen molar-refractivity contribution < 1.29 is 4.79 Å². The molecule has 1 aromatic carbocycles. The van der Waals surface area contributed by atoms with Crippen LogP contribution in [-0.2, 0) is 0 Å². The van der Waals surface area contributed by atoms with Gasteiger partial charge in [-0.1, -0.05) is 12.1 Å². The number of benzene rings is 1. The summed E-state index contributed by atoms with van der Waals surface area (Å²) in [5, 5.41) is 1.15. The third-order valence-electron chi connectivity index (χ3n) is 3.02. The van der Waals surface area contributed by atoms with Crippen molar-refractivity contribution in [1.29, 1.82) is 0 Å². The number of Topliss-reactive ketones (excluding diaryl/α,β-unsaturated/α-hetero) is 1. The summed E-state index contributed by atoms with van der Waals surface area (Å²) in [7, 11) is 3.63. The van der Waals surface area contributed by atoms with Crippen molar-refractivity contribution in [3.05, 3.63) is 39.7 Å². The van der Waals surface area contributed by atoms with E-state index in [0.717, 1.165) is 5.56 Å². The lowest BCUT2D eigenvalue weighted by Crippen LogP contribution is -2.24. The van der Waals surface area contributed by atoms with Gasteiger partial charge in [0.05, 0.1) is 12.1 Å². The van der Waals surface area contributed by atoms with Gasteiger partial charge in [0.1, 0.15) is 5.82 Å². The monoisotopic (exact) mass is 259 g/mol. The molecule has 0 saturated carbocycles. The number of H-pyrrole nitrogens is 1. The Bertz CT molecular complexity index is 702. The first-order valence-corrected chi connectivity index (χ1v) is 6.01. The quantitative estimate of drug-likeness (QED) is 0.811. The van der Waals surface area contributed by atoms with Crippen molar-refractivity contribution in [2.45, 2.75) is 6.92 Å². The summed E-state index contributed by atoms with van der Waals surface area (Å²) in [6, 6.07) is 5.37. The Balaban J connectivity index is 2.80. The van der Waals surface area contributed by atoms with Crippen molar-refractivity contribution >= 4 is 22.4 Å². The Morgan fingerprint density at radius 3 is 2.68 bits per heavy atom. The van der Waals surface area contributed by atoms with Gasteiger partial charge in [-0.15, -0.1) is 0 Å². The van der Waals surface area contributed by atoms with E-state index in [4.69, 9.17) is 5.73 Å². The number of aromatic nitrogens is 1. The third kappa shape index (κ3) is 2.37. The van der Waals surface area contributed by atoms with E-state index in [2.05, 4.69) is 4.98 Å². The van der Waals surface area contributed by atoms with E-state index in [0.29, 0.717) is 16.3 Å². The van der Waals surface area contributed by atoms with Crippen molar-refractivity contribution in [2.24, 2.45) is 0 Å². The molecule has 0 unspecified atom stereocenters. The fraction of sp³-hybridized carbons (Fsp3) is 0.286. The Morgan fingerprint density at radius 2 is 2.05 bits per heavy atom. The molecular weight excluding hydrogens is 242 g/mol. The fourth-order valence-electron chi connectivity index (χ4n) is 2.23. The molecule has 0 fully saturated rings. The van der Waals surface area contributed by atoms with Crippen molar-refractivity contribution in [3.63, 3.8) is 0 Å². The number of nitrogens with zero attached hydrogens (tertiary/aromatic N) is 1. The summed E-state index contributed by atoms with van der Waals surface area (Å²) in [5.74, 6) is 0.0386. The molecule has 0 saturated heterocycles. The summed E-state index contributed by atoms with van der Waals surface area (Å²) >= 11 is 0. The molecule has 100 valence electrons. The van der Waals surface area contributed by atoms with E-state index in [9.17, 15) is 9.59 Å². The zero-order chi connectivity index (χ0) is 14.2. The summed E-state index contributed by atoms with van der Waals surface area (Å²) in [5.41, 5.74) is 6.85. The summed E-state index contributed by atoms with van der Waals surface area (Å²) in [6.07, 6.45) is 0. The van der Waals surface area contributed by atoms with E-state index >= 15 is 0 Å². The van der Waals surface area contributed by atoms with Crippen LogP contribution in [0.1, 0.15) is 15.9 Å². The molecule has 2 rings (SSSR count). The average molecular weight is 259 g/mol. The van der Waals surface area contributed by atoms with Gasteiger partial charge in [-0.25, -0.2) is 0 Å². The molecule has 3 N–H and O–H groups in total. The average Bonchev–Trinajstić information content (AvgIpc) is 2.29. The second-order valence-electron chi connectivity index (χ2n) is 4.90. The van der Waals surface area contributed by atoms with Crippen molar-refractivity contribution in [2.75, 3.05) is 26.4 Å². The van der Waals surface area contributed by atoms with Crippen LogP contribution in [0.15, 0.2) is 23.0 Å². The number of pyridine rings is 1. The van der Waals surface area contributed by atoms with Crippen LogP contribution in [0.2, 0.25) is 0 Å². The molecule has 1 aromatic heterocycles. The van der Waals surface area contributed by atoms with Crippen LogP contribution in [0.5, 0.6) is 0 Å². The first-order chi connectivity index (χ1) is 8.91. The molecule has 0 aliphatic rings. The number of nitrogens with one attached hydrogen (secondary N) is 1. The minimum absolute atomic E-state index is 0.0990. The minimum Gasteiger partial charge on any atom is -0.385 e. The largest absolute Gasteiger partial charge is 0.385 e. The lowest BCUT2D eigenvalue weighted by molar-refractivity contribution is 0.0960. The lowest BCUT2D eigenvalue weighted by atomic mass is 9.99. The van der Waals surface area contributed by atoms with Gasteiger partial charge >= 0.3 is 0 Å². The number of aryl methyl sites for hydroxylation is 1. The smallest absolute Gasteiger partial charge is 0.257 e. The van der Waals surface area contributed by atoms with Crippen LogP contribution >= 0.6 is 0 Å². The normalized spacial score (nSPS) is 11.2. The maximum Gasteiger partial charge on any atom is 0.257 e. The Kier molecular flexibility index (Phi) is 3.40. The molecule has 19 heavy (non-hydrogen) atoms. The number of hydrogen-bond acceptors (Lipinski definition) is 4. The Morgan fingerprint density at radius 1 is 1.37 bits per heavy atom. The predicted molar refractivity (Wildman–Crippen MR) is 76.6 cm³/mol. The molecular formula is C14H17N3O2. The number of fused-ring (bicyclic) bond motifs is 1. The molecule has 0 atom stereocenters. The molecule has 0 aliphatic carbocycles. The van der Waals surface area contributed by atoms with Gasteiger partial charge in [0.25, 0.3) is 5.56 Å². The van der Waals surface area contributed by atoms with E-state index in [1.807, 2.05) is 27.1 Å². The second-order valence-corrected chi connectivity index (χ2v) is 4.90. The van der Waals surface area contributed by atoms with Crippen LogP contribution in [0.25, 0.3) is 10.8 Å². The number of anilines is 1. The lowest BCUT2D eigenvalue weighted by Gasteiger charge is -2.13. The first-order valence-electron chi connectivity index (χ1n) is 6.01. The number of ketones is 1. The number of aromatic amines is 1. The summed E-state index contributed by atoms with van der Waals surface area (Å²) in [6.45, 7) is 2.12. The van der Waals surface area contributed by atoms with E-state index in [-0.39, 0.29) is 23.7 Å². The number of nitrogen functional groups attached to an aromatic ring is 1. The number of likely N-dealkylation sites (N-methyl/N-ethyl adjacent to an activating group) is 1. The first kappa shape index (κ1) is 13.3. The number of carbonyl (C=O) groups is 1. The van der Waals surface area contributed by atoms with E-state index in [1.165, 1.54) is 0 Å². The summed E-state index contributed by atoms with van der Waals surface area (Å²) in [4.78, 5) is 28.5. The maximum atomic E-state index is 12.3. The van der Waals surface area contributed by atoms with Crippen molar-refractivity contribution in [1.82, 2.24) is 9.88 Å². The van der Waals surface area contributed by atoms with Crippen LogP contribution in [0.3, 0.4) is 0 Å². The summed E-state index contributed by atoms with van der Waals surface area (Å²) < 4.78 is 0. The molecule has 0 spiro atoms. The van der Waals surface area contributed by atoms with Crippen LogP contribution in [0.4, 0.5) is 5.82 Å². The standard InChI is InChI=1S/C14H17N3O2/c1-8-5-4-6-9-11(8)12(10(18)7-17(2)3)13(15)16-14(9)19/h4-6H,7H2,1-3H3,(H3,15,16,19). The molecule has 5 nitrogen and oxygen atoms in total. The van der Waals surface area contributed by atoms with E-state index in [1.54, 1.807) is 17.0 Å². The van der Waals surface area contributed by atoms with Crippen LogP contribution in [0, 0.1) is 6.92 Å². The Hall–Kier alpha value is -2.14. The molecule has 0 radical (unpaired) electrons. The van der Waals surface area contributed by atoms with Crippen LogP contribution in [-0.4, -0.2) is 36.3 Å². The number of rotatable bonds is 3. The molecule has 5 heteroatoms. The number of hydrogen-bond donors (Lipinski definition) is 2. The molecule has 0 aliphatic heterocycles. The van der Waals surface area contributed by atoms with Gasteiger partial charge in [-0.2, -0.15) is 0 Å². The van der Waals surface area contributed by atoms with Crippen molar-refractivity contribution in [3.8, 4) is 0 Å².